The molecule has 0 saturated carbocycles. The van der Waals surface area contributed by atoms with Gasteiger partial charge in [0.05, 0.1) is 6.61 Å². The average Bonchev–Trinajstić information content (AvgIpc) is 2.97. The van der Waals surface area contributed by atoms with Crippen molar-refractivity contribution < 1.29 is 4.74 Å². The van der Waals surface area contributed by atoms with Crippen molar-refractivity contribution in [3.63, 3.8) is 0 Å². The van der Waals surface area contributed by atoms with Crippen molar-refractivity contribution in [3.05, 3.63) is 58.3 Å². The lowest BCUT2D eigenvalue weighted by Gasteiger charge is -2.17. The predicted molar refractivity (Wildman–Crippen MR) is 86.4 cm³/mol. The molecule has 2 rings (SSSR count). The van der Waals surface area contributed by atoms with Crippen molar-refractivity contribution in [3.8, 4) is 0 Å². The van der Waals surface area contributed by atoms with Gasteiger partial charge in [-0.25, -0.2) is 0 Å². The summed E-state index contributed by atoms with van der Waals surface area (Å²) < 4.78 is 5.09. The number of thiophene rings is 1. The first-order chi connectivity index (χ1) is 9.88. The molecule has 1 heterocycles. The van der Waals surface area contributed by atoms with Crippen molar-refractivity contribution in [1.82, 2.24) is 5.32 Å². The second kappa shape index (κ2) is 8.90. The molecular formula is C17H23NOS. The quantitative estimate of drug-likeness (QED) is 0.715. The second-order valence-electron chi connectivity index (χ2n) is 5.09. The molecule has 2 nitrogen and oxygen atoms in total. The molecule has 0 saturated heterocycles. The van der Waals surface area contributed by atoms with E-state index in [2.05, 4.69) is 52.5 Å². The Balaban J connectivity index is 1.89. The number of hydrogen-bond acceptors (Lipinski definition) is 3. The lowest BCUT2D eigenvalue weighted by Crippen LogP contribution is -2.28. The summed E-state index contributed by atoms with van der Waals surface area (Å²) in [5.74, 6) is 0.629. The van der Waals surface area contributed by atoms with Crippen molar-refractivity contribution in [2.24, 2.45) is 5.92 Å². The van der Waals surface area contributed by atoms with Gasteiger partial charge in [0.15, 0.2) is 0 Å². The van der Waals surface area contributed by atoms with Crippen LogP contribution in [0.25, 0.3) is 0 Å². The third-order valence-electron chi connectivity index (χ3n) is 3.39. The van der Waals surface area contributed by atoms with Crippen LogP contribution >= 0.6 is 11.3 Å². The highest BCUT2D eigenvalue weighted by molar-refractivity contribution is 7.07. The van der Waals surface area contributed by atoms with Crippen LogP contribution in [0.5, 0.6) is 0 Å². The maximum atomic E-state index is 5.09. The van der Waals surface area contributed by atoms with Crippen molar-refractivity contribution in [1.29, 1.82) is 0 Å². The molecule has 20 heavy (non-hydrogen) atoms. The molecule has 1 aromatic heterocycles. The molecule has 2 aromatic rings. The lowest BCUT2D eigenvalue weighted by molar-refractivity contribution is 0.197. The minimum absolute atomic E-state index is 0.629. The highest BCUT2D eigenvalue weighted by Gasteiger charge is 2.11. The molecule has 1 aromatic carbocycles. The van der Waals surface area contributed by atoms with E-state index in [0.29, 0.717) is 5.92 Å². The molecule has 0 radical (unpaired) electrons. The summed E-state index contributed by atoms with van der Waals surface area (Å²) in [5.41, 5.74) is 2.87. The molecule has 108 valence electrons. The van der Waals surface area contributed by atoms with Gasteiger partial charge in [-0.2, -0.15) is 11.3 Å². The van der Waals surface area contributed by atoms with Crippen LogP contribution < -0.4 is 5.32 Å². The van der Waals surface area contributed by atoms with Gasteiger partial charge >= 0.3 is 0 Å². The van der Waals surface area contributed by atoms with E-state index in [1.807, 2.05) is 0 Å². The van der Waals surface area contributed by atoms with Gasteiger partial charge in [-0.05, 0) is 53.3 Å². The summed E-state index contributed by atoms with van der Waals surface area (Å²) in [4.78, 5) is 0. The average molecular weight is 289 g/mol. The zero-order valence-corrected chi connectivity index (χ0v) is 12.9. The molecule has 0 spiro atoms. The first kappa shape index (κ1) is 15.2. The molecule has 0 fully saturated rings. The Morgan fingerprint density at radius 2 is 1.90 bits per heavy atom. The van der Waals surface area contributed by atoms with E-state index < -0.39 is 0 Å². The Hall–Kier alpha value is -1.16. The number of hydrogen-bond donors (Lipinski definition) is 1. The van der Waals surface area contributed by atoms with Gasteiger partial charge in [-0.3, -0.25) is 0 Å². The van der Waals surface area contributed by atoms with Crippen LogP contribution in [0.3, 0.4) is 0 Å². The first-order valence-electron chi connectivity index (χ1n) is 7.13. The largest absolute Gasteiger partial charge is 0.383 e. The van der Waals surface area contributed by atoms with Crippen LogP contribution in [0.15, 0.2) is 47.2 Å². The molecule has 1 N–H and O–H groups in total. The Morgan fingerprint density at radius 1 is 1.10 bits per heavy atom. The first-order valence-corrected chi connectivity index (χ1v) is 8.07. The van der Waals surface area contributed by atoms with Crippen molar-refractivity contribution >= 4 is 11.3 Å². The van der Waals surface area contributed by atoms with Crippen LogP contribution in [0.2, 0.25) is 0 Å². The van der Waals surface area contributed by atoms with E-state index in [-0.39, 0.29) is 0 Å². The summed E-state index contributed by atoms with van der Waals surface area (Å²) in [7, 11) is 1.74. The normalized spacial score (nSPS) is 12.4. The predicted octanol–water partition coefficient (Wildman–Crippen LogP) is 3.39. The number of benzene rings is 1. The molecule has 1 unspecified atom stereocenters. The minimum atomic E-state index is 0.629. The van der Waals surface area contributed by atoms with Crippen LogP contribution in [0.1, 0.15) is 11.1 Å². The van der Waals surface area contributed by atoms with Gasteiger partial charge in [-0.1, -0.05) is 30.3 Å². The fourth-order valence-corrected chi connectivity index (χ4v) is 3.07. The SMILES string of the molecule is COCCNCC(Cc1ccccc1)Cc1ccsc1. The molecule has 1 atom stereocenters. The lowest BCUT2D eigenvalue weighted by atomic mass is 9.93. The molecule has 3 heteroatoms. The summed E-state index contributed by atoms with van der Waals surface area (Å²) >= 11 is 1.78. The van der Waals surface area contributed by atoms with Crippen molar-refractivity contribution in [2.75, 3.05) is 26.8 Å². The van der Waals surface area contributed by atoms with Crippen molar-refractivity contribution in [2.45, 2.75) is 12.8 Å². The van der Waals surface area contributed by atoms with E-state index >= 15 is 0 Å². The smallest absolute Gasteiger partial charge is 0.0587 e. The third-order valence-corrected chi connectivity index (χ3v) is 4.12. The van der Waals surface area contributed by atoms with Crippen LogP contribution in [0.4, 0.5) is 0 Å². The summed E-state index contributed by atoms with van der Waals surface area (Å²) in [6, 6.07) is 13.0. The van der Waals surface area contributed by atoms with Crippen LogP contribution in [-0.2, 0) is 17.6 Å². The summed E-state index contributed by atoms with van der Waals surface area (Å²) in [6.45, 7) is 2.73. The number of ether oxygens (including phenoxy) is 1. The highest BCUT2D eigenvalue weighted by atomic mass is 32.1. The molecule has 0 amide bonds. The van der Waals surface area contributed by atoms with Crippen LogP contribution in [-0.4, -0.2) is 26.8 Å². The monoisotopic (exact) mass is 289 g/mol. The highest BCUT2D eigenvalue weighted by Crippen LogP contribution is 2.16. The third kappa shape index (κ3) is 5.45. The van der Waals surface area contributed by atoms with Gasteiger partial charge in [-0.15, -0.1) is 0 Å². The van der Waals surface area contributed by atoms with Gasteiger partial charge < -0.3 is 10.1 Å². The zero-order chi connectivity index (χ0) is 14.0. The maximum Gasteiger partial charge on any atom is 0.0587 e. The zero-order valence-electron chi connectivity index (χ0n) is 12.0. The van der Waals surface area contributed by atoms with Gasteiger partial charge in [0.2, 0.25) is 0 Å². The van der Waals surface area contributed by atoms with Crippen LogP contribution in [0, 0.1) is 5.92 Å². The van der Waals surface area contributed by atoms with Gasteiger partial charge in [0.1, 0.15) is 0 Å². The topological polar surface area (TPSA) is 21.3 Å². The standard InChI is InChI=1S/C17H23NOS/c1-19-9-8-18-13-17(12-16-7-10-20-14-16)11-15-5-3-2-4-6-15/h2-7,10,14,17-18H,8-9,11-13H2,1H3. The number of rotatable bonds is 9. The van der Waals surface area contributed by atoms with Gasteiger partial charge in [0, 0.05) is 13.7 Å². The number of nitrogens with one attached hydrogen (secondary N) is 1. The van der Waals surface area contributed by atoms with E-state index in [1.54, 1.807) is 18.4 Å². The fraction of sp³-hybridized carbons (Fsp3) is 0.412. The molecule has 0 aliphatic heterocycles. The number of methoxy groups -OCH3 is 1. The fourth-order valence-electron chi connectivity index (χ4n) is 2.39. The Kier molecular flexibility index (Phi) is 6.78. The summed E-state index contributed by atoms with van der Waals surface area (Å²) in [5, 5.41) is 7.91. The van der Waals surface area contributed by atoms with Gasteiger partial charge in [0.25, 0.3) is 0 Å². The molecular weight excluding hydrogens is 266 g/mol. The Labute approximate surface area is 125 Å². The van der Waals surface area contributed by atoms with E-state index in [4.69, 9.17) is 4.74 Å². The van der Waals surface area contributed by atoms with E-state index in [0.717, 1.165) is 32.5 Å². The second-order valence-corrected chi connectivity index (χ2v) is 5.87. The Bertz CT molecular complexity index is 455. The molecule has 0 aliphatic rings. The van der Waals surface area contributed by atoms with E-state index in [9.17, 15) is 0 Å². The molecule has 0 aliphatic carbocycles. The summed E-state index contributed by atoms with van der Waals surface area (Å²) in [6.07, 6.45) is 2.26. The van der Waals surface area contributed by atoms with E-state index in [1.165, 1.54) is 11.1 Å². The minimum Gasteiger partial charge on any atom is -0.383 e. The molecule has 0 bridgehead atoms. The maximum absolute atomic E-state index is 5.09. The Morgan fingerprint density at radius 3 is 2.60 bits per heavy atom.